The summed E-state index contributed by atoms with van der Waals surface area (Å²) in [5, 5.41) is 3.72. The minimum atomic E-state index is 0.358. The SMILES string of the molecule is CCOc1ccccc1C(C)NCC1CCC(CC)CC1. The van der Waals surface area contributed by atoms with Gasteiger partial charge in [0, 0.05) is 11.6 Å². The van der Waals surface area contributed by atoms with Gasteiger partial charge in [-0.3, -0.25) is 0 Å². The summed E-state index contributed by atoms with van der Waals surface area (Å²) in [6.45, 7) is 8.48. The van der Waals surface area contributed by atoms with E-state index in [0.29, 0.717) is 6.04 Å². The fourth-order valence-corrected chi connectivity index (χ4v) is 3.42. The van der Waals surface area contributed by atoms with Crippen molar-refractivity contribution < 1.29 is 4.74 Å². The zero-order valence-electron chi connectivity index (χ0n) is 13.9. The average molecular weight is 289 g/mol. The van der Waals surface area contributed by atoms with E-state index in [1.165, 1.54) is 37.7 Å². The zero-order chi connectivity index (χ0) is 15.1. The van der Waals surface area contributed by atoms with Gasteiger partial charge in [-0.05, 0) is 51.1 Å². The molecule has 1 saturated carbocycles. The van der Waals surface area contributed by atoms with E-state index in [0.717, 1.165) is 30.7 Å². The summed E-state index contributed by atoms with van der Waals surface area (Å²) >= 11 is 0. The van der Waals surface area contributed by atoms with Crippen LogP contribution in [-0.2, 0) is 0 Å². The van der Waals surface area contributed by atoms with Crippen LogP contribution in [0.1, 0.15) is 64.5 Å². The number of ether oxygens (including phenoxy) is 1. The Bertz CT molecular complexity index is 410. The fraction of sp³-hybridized carbons (Fsp3) is 0.684. The molecule has 1 aliphatic carbocycles. The van der Waals surface area contributed by atoms with Gasteiger partial charge in [0.2, 0.25) is 0 Å². The van der Waals surface area contributed by atoms with Crippen molar-refractivity contribution >= 4 is 0 Å². The Morgan fingerprint density at radius 2 is 1.76 bits per heavy atom. The van der Waals surface area contributed by atoms with E-state index in [2.05, 4.69) is 37.4 Å². The molecule has 1 fully saturated rings. The number of para-hydroxylation sites is 1. The largest absolute Gasteiger partial charge is 0.494 e. The Kier molecular flexibility index (Phi) is 6.56. The molecule has 1 unspecified atom stereocenters. The van der Waals surface area contributed by atoms with Crippen LogP contribution in [0.4, 0.5) is 0 Å². The van der Waals surface area contributed by atoms with Gasteiger partial charge < -0.3 is 10.1 Å². The lowest BCUT2D eigenvalue weighted by atomic mass is 9.81. The number of nitrogens with one attached hydrogen (secondary N) is 1. The molecule has 2 nitrogen and oxygen atoms in total. The van der Waals surface area contributed by atoms with Crippen LogP contribution in [0.3, 0.4) is 0 Å². The number of rotatable bonds is 7. The topological polar surface area (TPSA) is 21.3 Å². The maximum Gasteiger partial charge on any atom is 0.124 e. The summed E-state index contributed by atoms with van der Waals surface area (Å²) < 4.78 is 5.74. The van der Waals surface area contributed by atoms with E-state index in [4.69, 9.17) is 4.74 Å². The maximum absolute atomic E-state index is 5.74. The molecule has 1 atom stereocenters. The summed E-state index contributed by atoms with van der Waals surface area (Å²) in [5.74, 6) is 2.86. The molecule has 0 amide bonds. The van der Waals surface area contributed by atoms with Crippen molar-refractivity contribution in [3.05, 3.63) is 29.8 Å². The molecule has 2 heteroatoms. The Balaban J connectivity index is 1.83. The van der Waals surface area contributed by atoms with E-state index in [1.807, 2.05) is 13.0 Å². The van der Waals surface area contributed by atoms with Gasteiger partial charge in [-0.2, -0.15) is 0 Å². The van der Waals surface area contributed by atoms with Crippen LogP contribution >= 0.6 is 0 Å². The predicted octanol–water partition coefficient (Wildman–Crippen LogP) is 4.95. The highest BCUT2D eigenvalue weighted by Gasteiger charge is 2.20. The summed E-state index contributed by atoms with van der Waals surface area (Å²) in [5.41, 5.74) is 1.28. The van der Waals surface area contributed by atoms with Crippen LogP contribution in [0.5, 0.6) is 5.75 Å². The quantitative estimate of drug-likeness (QED) is 0.766. The van der Waals surface area contributed by atoms with Crippen molar-refractivity contribution in [1.29, 1.82) is 0 Å². The van der Waals surface area contributed by atoms with E-state index in [-0.39, 0.29) is 0 Å². The van der Waals surface area contributed by atoms with Gasteiger partial charge in [-0.15, -0.1) is 0 Å². The standard InChI is InChI=1S/C19H31NO/c1-4-16-10-12-17(13-11-16)14-20-15(3)18-8-6-7-9-19(18)21-5-2/h6-9,15-17,20H,4-5,10-14H2,1-3H3. The van der Waals surface area contributed by atoms with E-state index in [9.17, 15) is 0 Å². The molecule has 0 aromatic heterocycles. The first-order chi connectivity index (χ1) is 10.2. The van der Waals surface area contributed by atoms with Crippen LogP contribution in [0.2, 0.25) is 0 Å². The first kappa shape index (κ1) is 16.4. The van der Waals surface area contributed by atoms with Crippen molar-refractivity contribution in [3.63, 3.8) is 0 Å². The van der Waals surface area contributed by atoms with Crippen molar-refractivity contribution in [1.82, 2.24) is 5.32 Å². The summed E-state index contributed by atoms with van der Waals surface area (Å²) in [6.07, 6.45) is 6.99. The summed E-state index contributed by atoms with van der Waals surface area (Å²) in [6, 6.07) is 8.76. The van der Waals surface area contributed by atoms with E-state index in [1.54, 1.807) is 0 Å². The Hall–Kier alpha value is -1.02. The van der Waals surface area contributed by atoms with Crippen molar-refractivity contribution in [3.8, 4) is 5.75 Å². The molecular weight excluding hydrogens is 258 g/mol. The molecular formula is C19H31NO. The molecule has 1 aliphatic rings. The lowest BCUT2D eigenvalue weighted by molar-refractivity contribution is 0.257. The van der Waals surface area contributed by atoms with Gasteiger partial charge in [-0.25, -0.2) is 0 Å². The third-order valence-electron chi connectivity index (χ3n) is 4.94. The van der Waals surface area contributed by atoms with Gasteiger partial charge in [0.05, 0.1) is 6.61 Å². The van der Waals surface area contributed by atoms with Gasteiger partial charge in [0.1, 0.15) is 5.75 Å². The monoisotopic (exact) mass is 289 g/mol. The number of benzene rings is 1. The van der Waals surface area contributed by atoms with Crippen LogP contribution in [-0.4, -0.2) is 13.2 Å². The first-order valence-electron chi connectivity index (χ1n) is 8.69. The summed E-state index contributed by atoms with van der Waals surface area (Å²) in [4.78, 5) is 0. The molecule has 118 valence electrons. The third kappa shape index (κ3) is 4.74. The van der Waals surface area contributed by atoms with Gasteiger partial charge >= 0.3 is 0 Å². The van der Waals surface area contributed by atoms with Crippen LogP contribution < -0.4 is 10.1 Å². The Morgan fingerprint density at radius 3 is 2.43 bits per heavy atom. The van der Waals surface area contributed by atoms with Crippen molar-refractivity contribution in [2.24, 2.45) is 11.8 Å². The number of hydrogen-bond donors (Lipinski definition) is 1. The van der Waals surface area contributed by atoms with Gasteiger partial charge in [-0.1, -0.05) is 44.4 Å². The van der Waals surface area contributed by atoms with Crippen LogP contribution in [0.15, 0.2) is 24.3 Å². The zero-order valence-corrected chi connectivity index (χ0v) is 13.9. The predicted molar refractivity (Wildman–Crippen MR) is 89.8 cm³/mol. The minimum Gasteiger partial charge on any atom is -0.494 e. The molecule has 2 rings (SSSR count). The molecule has 21 heavy (non-hydrogen) atoms. The van der Waals surface area contributed by atoms with Gasteiger partial charge in [0.15, 0.2) is 0 Å². The maximum atomic E-state index is 5.74. The fourth-order valence-electron chi connectivity index (χ4n) is 3.42. The second kappa shape index (κ2) is 8.43. The normalized spacial score (nSPS) is 23.8. The molecule has 1 aromatic carbocycles. The highest BCUT2D eigenvalue weighted by molar-refractivity contribution is 5.35. The smallest absolute Gasteiger partial charge is 0.124 e. The second-order valence-corrected chi connectivity index (χ2v) is 6.40. The first-order valence-corrected chi connectivity index (χ1v) is 8.69. The molecule has 0 heterocycles. The molecule has 0 saturated heterocycles. The Morgan fingerprint density at radius 1 is 1.10 bits per heavy atom. The average Bonchev–Trinajstić information content (AvgIpc) is 2.54. The summed E-state index contributed by atoms with van der Waals surface area (Å²) in [7, 11) is 0. The molecule has 1 aromatic rings. The van der Waals surface area contributed by atoms with Crippen molar-refractivity contribution in [2.75, 3.05) is 13.2 Å². The minimum absolute atomic E-state index is 0.358. The lowest BCUT2D eigenvalue weighted by Crippen LogP contribution is -2.28. The molecule has 1 N–H and O–H groups in total. The van der Waals surface area contributed by atoms with Gasteiger partial charge in [0.25, 0.3) is 0 Å². The lowest BCUT2D eigenvalue weighted by Gasteiger charge is -2.29. The molecule has 0 radical (unpaired) electrons. The highest BCUT2D eigenvalue weighted by atomic mass is 16.5. The Labute approximate surface area is 130 Å². The van der Waals surface area contributed by atoms with Crippen LogP contribution in [0.25, 0.3) is 0 Å². The second-order valence-electron chi connectivity index (χ2n) is 6.40. The molecule has 0 aliphatic heterocycles. The van der Waals surface area contributed by atoms with E-state index >= 15 is 0 Å². The molecule has 0 bridgehead atoms. The van der Waals surface area contributed by atoms with Crippen molar-refractivity contribution in [2.45, 2.75) is 58.9 Å². The third-order valence-corrected chi connectivity index (χ3v) is 4.94. The van der Waals surface area contributed by atoms with E-state index < -0.39 is 0 Å². The molecule has 0 spiro atoms. The highest BCUT2D eigenvalue weighted by Crippen LogP contribution is 2.31. The number of hydrogen-bond acceptors (Lipinski definition) is 2. The van der Waals surface area contributed by atoms with Crippen LogP contribution in [0, 0.1) is 11.8 Å².